The lowest BCUT2D eigenvalue weighted by Gasteiger charge is -2.10. The summed E-state index contributed by atoms with van der Waals surface area (Å²) in [6.07, 6.45) is 1.30. The molecule has 0 bridgehead atoms. The molecule has 0 fully saturated rings. The van der Waals surface area contributed by atoms with Gasteiger partial charge in [-0.2, -0.15) is 4.98 Å². The van der Waals surface area contributed by atoms with Gasteiger partial charge in [0.15, 0.2) is 5.82 Å². The van der Waals surface area contributed by atoms with Crippen LogP contribution in [-0.2, 0) is 10.0 Å². The van der Waals surface area contributed by atoms with Crippen LogP contribution in [0.1, 0.15) is 0 Å². The van der Waals surface area contributed by atoms with Gasteiger partial charge in [-0.05, 0) is 23.7 Å². The van der Waals surface area contributed by atoms with Crippen molar-refractivity contribution in [3.8, 4) is 0 Å². The fourth-order valence-electron chi connectivity index (χ4n) is 1.38. The zero-order chi connectivity index (χ0) is 14.0. The summed E-state index contributed by atoms with van der Waals surface area (Å²) in [6, 6.07) is 6.10. The number of nitrogens with zero attached hydrogens (tertiary/aromatic N) is 2. The van der Waals surface area contributed by atoms with Crippen LogP contribution < -0.4 is 10.5 Å². The highest BCUT2D eigenvalue weighted by Crippen LogP contribution is 2.27. The number of aromatic nitrogens is 2. The van der Waals surface area contributed by atoms with Crippen LogP contribution in [0.2, 0.25) is 10.3 Å². The fraction of sp³-hybridized carbons (Fsp3) is 0. The third-order valence-corrected chi connectivity index (χ3v) is 3.59. The van der Waals surface area contributed by atoms with Crippen LogP contribution in [0.25, 0.3) is 0 Å². The number of rotatable bonds is 3. The first kappa shape index (κ1) is 14.0. The Morgan fingerprint density at radius 1 is 1.21 bits per heavy atom. The van der Waals surface area contributed by atoms with Gasteiger partial charge >= 0.3 is 0 Å². The van der Waals surface area contributed by atoms with E-state index in [1.165, 1.54) is 18.3 Å². The molecule has 0 atom stereocenters. The van der Waals surface area contributed by atoms with E-state index in [0.29, 0.717) is 0 Å². The number of sulfonamides is 1. The Morgan fingerprint density at radius 3 is 2.58 bits per heavy atom. The van der Waals surface area contributed by atoms with Crippen molar-refractivity contribution in [1.82, 2.24) is 9.97 Å². The number of hydrogen-bond donors (Lipinski definition) is 2. The molecule has 1 aromatic carbocycles. The van der Waals surface area contributed by atoms with Crippen LogP contribution >= 0.6 is 23.2 Å². The van der Waals surface area contributed by atoms with Crippen LogP contribution in [0.15, 0.2) is 35.4 Å². The van der Waals surface area contributed by atoms with E-state index in [2.05, 4.69) is 15.3 Å². The topological polar surface area (TPSA) is 98.0 Å². The standard InChI is InChI=1S/C10H8Cl2N4O2S/c11-6-5-14-10(12)16-9(6)15-7-3-1-2-4-8(7)19(13,17)18/h1-5H,(H2,13,17,18)(H,14,15,16). The van der Waals surface area contributed by atoms with Crippen molar-refractivity contribution in [2.24, 2.45) is 5.14 Å². The first-order valence-electron chi connectivity index (χ1n) is 4.95. The Balaban J connectivity index is 2.47. The van der Waals surface area contributed by atoms with E-state index in [4.69, 9.17) is 28.3 Å². The van der Waals surface area contributed by atoms with Crippen LogP contribution in [0, 0.1) is 0 Å². The smallest absolute Gasteiger partial charge is 0.240 e. The lowest BCUT2D eigenvalue weighted by atomic mass is 10.3. The van der Waals surface area contributed by atoms with Gasteiger partial charge in [0.1, 0.15) is 9.92 Å². The summed E-state index contributed by atoms with van der Waals surface area (Å²) < 4.78 is 22.9. The normalized spacial score (nSPS) is 11.3. The monoisotopic (exact) mass is 318 g/mol. The lowest BCUT2D eigenvalue weighted by molar-refractivity contribution is 0.598. The summed E-state index contributed by atoms with van der Waals surface area (Å²) in [4.78, 5) is 7.49. The van der Waals surface area contributed by atoms with Gasteiger partial charge < -0.3 is 5.32 Å². The van der Waals surface area contributed by atoms with E-state index in [0.717, 1.165) is 0 Å². The molecule has 1 heterocycles. The molecule has 0 amide bonds. The molecular formula is C10H8Cl2N4O2S. The summed E-state index contributed by atoms with van der Waals surface area (Å²) in [6.45, 7) is 0. The molecule has 3 N–H and O–H groups in total. The van der Waals surface area contributed by atoms with Crippen molar-refractivity contribution in [2.75, 3.05) is 5.32 Å². The van der Waals surface area contributed by atoms with Gasteiger partial charge in [0.25, 0.3) is 0 Å². The highest BCUT2D eigenvalue weighted by molar-refractivity contribution is 7.89. The largest absolute Gasteiger partial charge is 0.338 e. The molecule has 100 valence electrons. The van der Waals surface area contributed by atoms with Crippen molar-refractivity contribution in [2.45, 2.75) is 4.90 Å². The number of anilines is 2. The predicted octanol–water partition coefficient (Wildman–Crippen LogP) is 2.17. The Kier molecular flexibility index (Phi) is 3.91. The Labute approximate surface area is 119 Å². The lowest BCUT2D eigenvalue weighted by Crippen LogP contribution is -2.14. The summed E-state index contributed by atoms with van der Waals surface area (Å²) in [5, 5.41) is 8.07. The Hall–Kier alpha value is -1.41. The molecule has 0 radical (unpaired) electrons. The SMILES string of the molecule is NS(=O)(=O)c1ccccc1Nc1nc(Cl)ncc1Cl. The molecule has 0 unspecified atom stereocenters. The Morgan fingerprint density at radius 2 is 1.89 bits per heavy atom. The van der Waals surface area contributed by atoms with Gasteiger partial charge in [-0.25, -0.2) is 18.5 Å². The predicted molar refractivity (Wildman–Crippen MR) is 73.1 cm³/mol. The molecule has 2 rings (SSSR count). The summed E-state index contributed by atoms with van der Waals surface area (Å²) in [5.74, 6) is 0.192. The molecular weight excluding hydrogens is 311 g/mol. The van der Waals surface area contributed by atoms with Crippen molar-refractivity contribution in [3.63, 3.8) is 0 Å². The second kappa shape index (κ2) is 5.30. The highest BCUT2D eigenvalue weighted by Gasteiger charge is 2.14. The number of nitrogens with two attached hydrogens (primary N) is 1. The number of nitrogens with one attached hydrogen (secondary N) is 1. The molecule has 1 aromatic heterocycles. The maximum absolute atomic E-state index is 11.4. The maximum Gasteiger partial charge on any atom is 0.240 e. The molecule has 0 aliphatic carbocycles. The van der Waals surface area contributed by atoms with Crippen molar-refractivity contribution < 1.29 is 8.42 Å². The van der Waals surface area contributed by atoms with Crippen LogP contribution in [-0.4, -0.2) is 18.4 Å². The average Bonchev–Trinajstić information content (AvgIpc) is 2.33. The number of para-hydroxylation sites is 1. The first-order valence-corrected chi connectivity index (χ1v) is 7.25. The summed E-state index contributed by atoms with van der Waals surface area (Å²) in [7, 11) is -3.86. The van der Waals surface area contributed by atoms with E-state index in [1.807, 2.05) is 0 Å². The number of benzene rings is 1. The molecule has 0 aliphatic heterocycles. The molecule has 0 saturated carbocycles. The maximum atomic E-state index is 11.4. The van der Waals surface area contributed by atoms with Crippen molar-refractivity contribution in [1.29, 1.82) is 0 Å². The highest BCUT2D eigenvalue weighted by atomic mass is 35.5. The van der Waals surface area contributed by atoms with Crippen LogP contribution in [0.4, 0.5) is 11.5 Å². The molecule has 19 heavy (non-hydrogen) atoms. The van der Waals surface area contributed by atoms with Gasteiger partial charge in [0.05, 0.1) is 11.9 Å². The minimum Gasteiger partial charge on any atom is -0.338 e. The first-order chi connectivity index (χ1) is 8.88. The Bertz CT molecular complexity index is 721. The molecule has 0 saturated heterocycles. The number of hydrogen-bond acceptors (Lipinski definition) is 5. The van der Waals surface area contributed by atoms with E-state index < -0.39 is 10.0 Å². The minimum absolute atomic E-state index is 0.0139. The third-order valence-electron chi connectivity index (χ3n) is 2.16. The quantitative estimate of drug-likeness (QED) is 0.845. The molecule has 0 spiro atoms. The number of primary sulfonamides is 1. The zero-order valence-electron chi connectivity index (χ0n) is 9.34. The minimum atomic E-state index is -3.86. The van der Waals surface area contributed by atoms with Gasteiger partial charge in [-0.3, -0.25) is 0 Å². The van der Waals surface area contributed by atoms with Crippen LogP contribution in [0.3, 0.4) is 0 Å². The van der Waals surface area contributed by atoms with E-state index >= 15 is 0 Å². The van der Waals surface area contributed by atoms with Gasteiger partial charge in [0.2, 0.25) is 15.3 Å². The molecule has 9 heteroatoms. The van der Waals surface area contributed by atoms with Crippen molar-refractivity contribution in [3.05, 3.63) is 40.8 Å². The van der Waals surface area contributed by atoms with Gasteiger partial charge in [0, 0.05) is 0 Å². The van der Waals surface area contributed by atoms with E-state index in [9.17, 15) is 8.42 Å². The molecule has 6 nitrogen and oxygen atoms in total. The summed E-state index contributed by atoms with van der Waals surface area (Å²) >= 11 is 11.5. The average molecular weight is 319 g/mol. The fourth-order valence-corrected chi connectivity index (χ4v) is 2.34. The van der Waals surface area contributed by atoms with Gasteiger partial charge in [-0.15, -0.1) is 0 Å². The zero-order valence-corrected chi connectivity index (χ0v) is 11.7. The van der Waals surface area contributed by atoms with Crippen molar-refractivity contribution >= 4 is 44.7 Å². The van der Waals surface area contributed by atoms with E-state index in [-0.39, 0.29) is 26.7 Å². The third kappa shape index (κ3) is 3.32. The molecule has 2 aromatic rings. The number of halogens is 2. The second-order valence-electron chi connectivity index (χ2n) is 3.50. The van der Waals surface area contributed by atoms with Crippen LogP contribution in [0.5, 0.6) is 0 Å². The molecule has 0 aliphatic rings. The second-order valence-corrected chi connectivity index (χ2v) is 5.78. The van der Waals surface area contributed by atoms with E-state index in [1.54, 1.807) is 12.1 Å². The summed E-state index contributed by atoms with van der Waals surface area (Å²) in [5.41, 5.74) is 0.252. The van der Waals surface area contributed by atoms with Gasteiger partial charge in [-0.1, -0.05) is 23.7 Å².